The molecule has 0 saturated carbocycles. The molecule has 0 spiro atoms. The smallest absolute Gasteiger partial charge is 0.304 e. The van der Waals surface area contributed by atoms with Crippen molar-refractivity contribution in [1.82, 2.24) is 4.31 Å². The van der Waals surface area contributed by atoms with Gasteiger partial charge in [0.2, 0.25) is 0 Å². The van der Waals surface area contributed by atoms with E-state index in [9.17, 15) is 18.5 Å². The van der Waals surface area contributed by atoms with Gasteiger partial charge in [-0.05, 0) is 19.8 Å². The molecule has 1 aromatic rings. The van der Waals surface area contributed by atoms with Crippen LogP contribution in [0.15, 0.2) is 10.3 Å². The number of ether oxygens (including phenoxy) is 1. The van der Waals surface area contributed by atoms with Gasteiger partial charge in [-0.15, -0.1) is 0 Å². The van der Waals surface area contributed by atoms with E-state index < -0.39 is 14.9 Å². The number of thiophene rings is 1. The summed E-state index contributed by atoms with van der Waals surface area (Å²) in [6, 6.07) is 1.03. The number of nitrogens with two attached hydrogens (primary N) is 1. The normalized spacial score (nSPS) is 18.0. The Balaban J connectivity index is 2.16. The number of hydrogen-bond acceptors (Lipinski definition) is 7. The van der Waals surface area contributed by atoms with Gasteiger partial charge in [-0.2, -0.15) is 4.31 Å². The fourth-order valence-corrected chi connectivity index (χ4v) is 5.08. The zero-order chi connectivity index (χ0) is 15.6. The van der Waals surface area contributed by atoms with Crippen molar-refractivity contribution in [3.63, 3.8) is 0 Å². The highest BCUT2D eigenvalue weighted by molar-refractivity contribution is 7.91. The Morgan fingerprint density at radius 1 is 1.52 bits per heavy atom. The van der Waals surface area contributed by atoms with Crippen molar-refractivity contribution in [2.75, 3.05) is 25.4 Å². The van der Waals surface area contributed by atoms with E-state index in [-0.39, 0.29) is 21.0 Å². The molecule has 2 heterocycles. The van der Waals surface area contributed by atoms with Crippen LogP contribution >= 0.6 is 11.3 Å². The van der Waals surface area contributed by atoms with E-state index in [0.29, 0.717) is 32.5 Å². The van der Waals surface area contributed by atoms with Crippen molar-refractivity contribution in [2.24, 2.45) is 0 Å². The Bertz CT molecular complexity index is 620. The molecule has 1 aliphatic rings. The van der Waals surface area contributed by atoms with E-state index in [2.05, 4.69) is 0 Å². The molecule has 1 aromatic heterocycles. The van der Waals surface area contributed by atoms with Crippen LogP contribution in [-0.2, 0) is 14.8 Å². The second-order valence-corrected chi connectivity index (χ2v) is 7.88. The summed E-state index contributed by atoms with van der Waals surface area (Å²) in [6.45, 7) is 3.19. The van der Waals surface area contributed by atoms with Crippen molar-refractivity contribution in [3.05, 3.63) is 16.2 Å². The first-order chi connectivity index (χ1) is 9.86. The number of sulfonamides is 1. The highest BCUT2D eigenvalue weighted by atomic mass is 32.2. The average Bonchev–Trinajstić information content (AvgIpc) is 2.83. The Kier molecular flexibility index (Phi) is 4.81. The minimum atomic E-state index is -3.72. The zero-order valence-corrected chi connectivity index (χ0v) is 13.2. The molecule has 10 heteroatoms. The number of anilines is 1. The minimum absolute atomic E-state index is 0.0733. The summed E-state index contributed by atoms with van der Waals surface area (Å²) in [5.41, 5.74) is 5.15. The van der Waals surface area contributed by atoms with Crippen LogP contribution < -0.4 is 5.73 Å². The lowest BCUT2D eigenvalue weighted by Gasteiger charge is -2.30. The van der Waals surface area contributed by atoms with Crippen molar-refractivity contribution in [2.45, 2.75) is 30.1 Å². The van der Waals surface area contributed by atoms with Gasteiger partial charge < -0.3 is 10.5 Å². The van der Waals surface area contributed by atoms with E-state index in [4.69, 9.17) is 10.5 Å². The summed E-state index contributed by atoms with van der Waals surface area (Å²) < 4.78 is 31.6. The maximum absolute atomic E-state index is 12.5. The molecule has 21 heavy (non-hydrogen) atoms. The molecule has 1 aliphatic heterocycles. The molecule has 0 radical (unpaired) electrons. The molecule has 0 amide bonds. The third kappa shape index (κ3) is 3.34. The first kappa shape index (κ1) is 16.1. The number of nitrogen functional groups attached to an aromatic ring is 1. The van der Waals surface area contributed by atoms with Gasteiger partial charge in [-0.1, -0.05) is 11.3 Å². The predicted octanol–water partition coefficient (Wildman–Crippen LogP) is 1.43. The summed E-state index contributed by atoms with van der Waals surface area (Å²) in [7, 11) is -3.72. The van der Waals surface area contributed by atoms with Gasteiger partial charge in [-0.25, -0.2) is 8.42 Å². The van der Waals surface area contributed by atoms with Crippen LogP contribution in [0.1, 0.15) is 19.8 Å². The first-order valence-electron chi connectivity index (χ1n) is 6.51. The van der Waals surface area contributed by atoms with E-state index in [0.717, 1.165) is 17.4 Å². The number of rotatable bonds is 5. The fourth-order valence-electron chi connectivity index (χ4n) is 2.24. The Labute approximate surface area is 126 Å². The lowest BCUT2D eigenvalue weighted by Crippen LogP contribution is -2.40. The fraction of sp³-hybridized carbons (Fsp3) is 0.636. The van der Waals surface area contributed by atoms with Gasteiger partial charge in [0.05, 0.1) is 11.0 Å². The molecule has 0 unspecified atom stereocenters. The molecule has 8 nitrogen and oxygen atoms in total. The van der Waals surface area contributed by atoms with E-state index in [1.54, 1.807) is 0 Å². The molecule has 2 rings (SSSR count). The monoisotopic (exact) mass is 335 g/mol. The Hall–Kier alpha value is -1.23. The maximum atomic E-state index is 12.5. The van der Waals surface area contributed by atoms with Crippen molar-refractivity contribution < 1.29 is 18.1 Å². The topological polar surface area (TPSA) is 116 Å². The van der Waals surface area contributed by atoms with Gasteiger partial charge in [0.15, 0.2) is 5.00 Å². The number of nitrogens with zero attached hydrogens (tertiary/aromatic N) is 2. The van der Waals surface area contributed by atoms with E-state index in [1.165, 1.54) is 4.31 Å². The molecule has 0 aromatic carbocycles. The summed E-state index contributed by atoms with van der Waals surface area (Å²) in [6.07, 6.45) is 1.32. The quantitative estimate of drug-likeness (QED) is 0.643. The van der Waals surface area contributed by atoms with Gasteiger partial charge in [-0.3, -0.25) is 10.1 Å². The maximum Gasteiger partial charge on any atom is 0.304 e. The van der Waals surface area contributed by atoms with Crippen LogP contribution in [0.5, 0.6) is 0 Å². The second kappa shape index (κ2) is 6.26. The van der Waals surface area contributed by atoms with Crippen molar-refractivity contribution >= 4 is 32.0 Å². The molecule has 0 aliphatic carbocycles. The Morgan fingerprint density at radius 2 is 2.14 bits per heavy atom. The summed E-state index contributed by atoms with van der Waals surface area (Å²) in [5, 5.41) is 10.7. The summed E-state index contributed by atoms with van der Waals surface area (Å²) in [5.74, 6) is 0. The first-order valence-corrected chi connectivity index (χ1v) is 8.77. The van der Waals surface area contributed by atoms with Gasteiger partial charge in [0.25, 0.3) is 10.0 Å². The van der Waals surface area contributed by atoms with E-state index >= 15 is 0 Å². The van der Waals surface area contributed by atoms with Crippen LogP contribution in [0.2, 0.25) is 0 Å². The summed E-state index contributed by atoms with van der Waals surface area (Å²) in [4.78, 5) is 10.1. The molecule has 2 N–H and O–H groups in total. The van der Waals surface area contributed by atoms with Crippen LogP contribution in [-0.4, -0.2) is 43.4 Å². The second-order valence-electron chi connectivity index (χ2n) is 4.63. The minimum Gasteiger partial charge on any atom is -0.385 e. The third-order valence-corrected chi connectivity index (χ3v) is 6.61. The Morgan fingerprint density at radius 3 is 2.62 bits per heavy atom. The average molecular weight is 335 g/mol. The SMILES string of the molecule is CCOC1CCN(S(=O)(=O)c2cc([N+](=O)[O-])c(N)s2)CC1. The largest absolute Gasteiger partial charge is 0.385 e. The predicted molar refractivity (Wildman–Crippen MR) is 78.8 cm³/mol. The van der Waals surface area contributed by atoms with Gasteiger partial charge in [0, 0.05) is 25.8 Å². The van der Waals surface area contributed by atoms with Crippen LogP contribution in [0.25, 0.3) is 0 Å². The molecular weight excluding hydrogens is 318 g/mol. The van der Waals surface area contributed by atoms with Crippen molar-refractivity contribution in [1.29, 1.82) is 0 Å². The molecule has 1 saturated heterocycles. The van der Waals surface area contributed by atoms with Gasteiger partial charge in [0.1, 0.15) is 4.21 Å². The molecular formula is C11H17N3O5S2. The van der Waals surface area contributed by atoms with Gasteiger partial charge >= 0.3 is 5.69 Å². The summed E-state index contributed by atoms with van der Waals surface area (Å²) >= 11 is 0.730. The standard InChI is InChI=1S/C11H17N3O5S2/c1-2-19-8-3-5-13(6-4-8)21(17,18)10-7-9(14(15)16)11(12)20-10/h7-8H,2-6,12H2,1H3. The van der Waals surface area contributed by atoms with Crippen LogP contribution in [0, 0.1) is 10.1 Å². The zero-order valence-electron chi connectivity index (χ0n) is 11.5. The molecule has 1 fully saturated rings. The molecule has 0 bridgehead atoms. The molecule has 0 atom stereocenters. The van der Waals surface area contributed by atoms with E-state index in [1.807, 2.05) is 6.92 Å². The van der Waals surface area contributed by atoms with Crippen LogP contribution in [0.3, 0.4) is 0 Å². The third-order valence-electron chi connectivity index (χ3n) is 3.31. The number of nitro groups is 1. The lowest BCUT2D eigenvalue weighted by molar-refractivity contribution is -0.383. The number of hydrogen-bond donors (Lipinski definition) is 1. The van der Waals surface area contributed by atoms with Crippen molar-refractivity contribution in [3.8, 4) is 0 Å². The highest BCUT2D eigenvalue weighted by Gasteiger charge is 2.33. The highest BCUT2D eigenvalue weighted by Crippen LogP contribution is 2.36. The number of piperidine rings is 1. The lowest BCUT2D eigenvalue weighted by atomic mass is 10.1. The van der Waals surface area contributed by atoms with Crippen LogP contribution in [0.4, 0.5) is 10.7 Å². The molecule has 118 valence electrons.